The van der Waals surface area contributed by atoms with Gasteiger partial charge in [-0.3, -0.25) is 9.59 Å². The van der Waals surface area contributed by atoms with Crippen molar-refractivity contribution in [2.75, 3.05) is 11.1 Å². The smallest absolute Gasteiger partial charge is 0.247 e. The third-order valence-electron chi connectivity index (χ3n) is 4.50. The Morgan fingerprint density at radius 2 is 2.07 bits per heavy atom. The fourth-order valence-electron chi connectivity index (χ4n) is 3.02. The van der Waals surface area contributed by atoms with Gasteiger partial charge in [0.05, 0.1) is 27.6 Å². The number of anilines is 1. The van der Waals surface area contributed by atoms with Crippen LogP contribution >= 0.6 is 39.3 Å². The average molecular weight is 491 g/mol. The van der Waals surface area contributed by atoms with Gasteiger partial charge < -0.3 is 5.32 Å². The van der Waals surface area contributed by atoms with Crippen LogP contribution in [0, 0.1) is 24.2 Å². The lowest BCUT2D eigenvalue weighted by Crippen LogP contribution is -2.28. The van der Waals surface area contributed by atoms with Crippen molar-refractivity contribution in [2.24, 2.45) is 10.9 Å². The Morgan fingerprint density at radius 1 is 1.34 bits per heavy atom. The van der Waals surface area contributed by atoms with E-state index >= 15 is 0 Å². The van der Waals surface area contributed by atoms with Gasteiger partial charge in [-0.1, -0.05) is 69.1 Å². The van der Waals surface area contributed by atoms with Gasteiger partial charge in [0, 0.05) is 16.8 Å². The van der Waals surface area contributed by atoms with Gasteiger partial charge >= 0.3 is 0 Å². The number of amides is 2. The molecule has 5 nitrogen and oxygen atoms in total. The summed E-state index contributed by atoms with van der Waals surface area (Å²) in [5.74, 6) is -1.37. The molecule has 2 amide bonds. The van der Waals surface area contributed by atoms with E-state index in [0.717, 1.165) is 27.4 Å². The minimum atomic E-state index is -0.565. The van der Waals surface area contributed by atoms with Crippen LogP contribution in [0.1, 0.15) is 23.5 Å². The van der Waals surface area contributed by atoms with Crippen molar-refractivity contribution in [1.29, 1.82) is 5.26 Å². The van der Waals surface area contributed by atoms with Gasteiger partial charge in [-0.15, -0.1) is 0 Å². The molecule has 0 spiro atoms. The lowest BCUT2D eigenvalue weighted by atomic mass is 9.83. The summed E-state index contributed by atoms with van der Waals surface area (Å²) in [6, 6.07) is 15.2. The first-order valence-electron chi connectivity index (χ1n) is 8.82. The number of rotatable bonds is 4. The second-order valence-corrected chi connectivity index (χ2v) is 8.95. The molecule has 3 rings (SSSR count). The number of carbonyl (C=O) groups is 2. The highest BCUT2D eigenvalue weighted by Gasteiger charge is 2.34. The molecular formula is C21H17BrClN3O2S. The Labute approximate surface area is 186 Å². The van der Waals surface area contributed by atoms with Crippen LogP contribution in [0.4, 0.5) is 5.69 Å². The van der Waals surface area contributed by atoms with Crippen molar-refractivity contribution in [3.05, 3.63) is 63.1 Å². The third-order valence-corrected chi connectivity index (χ3v) is 6.35. The van der Waals surface area contributed by atoms with E-state index in [9.17, 15) is 14.9 Å². The number of benzene rings is 2. The van der Waals surface area contributed by atoms with Crippen LogP contribution in [0.5, 0.6) is 0 Å². The largest absolute Gasteiger partial charge is 0.324 e. The molecule has 29 heavy (non-hydrogen) atoms. The summed E-state index contributed by atoms with van der Waals surface area (Å²) >= 11 is 10.6. The number of nitrogens with one attached hydrogen (secondary N) is 1. The highest BCUT2D eigenvalue weighted by Crippen LogP contribution is 2.36. The number of hydrogen-bond acceptors (Lipinski definition) is 4. The van der Waals surface area contributed by atoms with Crippen molar-refractivity contribution in [1.82, 2.24) is 0 Å². The molecule has 2 atom stereocenters. The van der Waals surface area contributed by atoms with E-state index in [0.29, 0.717) is 15.8 Å². The minimum Gasteiger partial charge on any atom is -0.324 e. The molecule has 148 valence electrons. The van der Waals surface area contributed by atoms with Crippen LogP contribution < -0.4 is 5.32 Å². The minimum absolute atomic E-state index is 0.0251. The highest BCUT2D eigenvalue weighted by molar-refractivity contribution is 9.10. The standard InChI is InChI=1S/C21H17BrClN3O2S/c1-12-2-4-13(5-3-12)15-9-19(27)26-21(16(15)10-24)29-11-20(28)25-18-7-6-14(22)8-17(18)23/h2-8,15-16H,9,11H2,1H3,(H,25,28)/t15-,16+/m1/s1. The quantitative estimate of drug-likeness (QED) is 0.627. The van der Waals surface area contributed by atoms with Crippen molar-refractivity contribution in [3.63, 3.8) is 0 Å². The molecule has 1 heterocycles. The molecule has 2 aromatic rings. The molecule has 8 heteroatoms. The summed E-state index contributed by atoms with van der Waals surface area (Å²) < 4.78 is 0.809. The van der Waals surface area contributed by atoms with Gasteiger partial charge in [0.15, 0.2) is 0 Å². The van der Waals surface area contributed by atoms with Crippen LogP contribution in [0.25, 0.3) is 0 Å². The number of carbonyl (C=O) groups excluding carboxylic acids is 2. The Balaban J connectivity index is 1.70. The zero-order chi connectivity index (χ0) is 21.0. The van der Waals surface area contributed by atoms with Crippen molar-refractivity contribution in [2.45, 2.75) is 19.3 Å². The predicted octanol–water partition coefficient (Wildman–Crippen LogP) is 5.34. The van der Waals surface area contributed by atoms with Gasteiger partial charge in [-0.05, 0) is 30.7 Å². The molecule has 0 saturated carbocycles. The molecule has 0 bridgehead atoms. The number of aryl methyl sites for hydroxylation is 1. The summed E-state index contributed by atoms with van der Waals surface area (Å²) in [5.41, 5.74) is 2.53. The third kappa shape index (κ3) is 5.47. The predicted molar refractivity (Wildman–Crippen MR) is 120 cm³/mol. The summed E-state index contributed by atoms with van der Waals surface area (Å²) in [6.07, 6.45) is 0.187. The first kappa shape index (κ1) is 21.6. The van der Waals surface area contributed by atoms with E-state index in [1.165, 1.54) is 0 Å². The molecule has 0 radical (unpaired) electrons. The van der Waals surface area contributed by atoms with Gasteiger partial charge in [-0.25, -0.2) is 4.99 Å². The number of halogens is 2. The van der Waals surface area contributed by atoms with Gasteiger partial charge in [0.25, 0.3) is 0 Å². The van der Waals surface area contributed by atoms with E-state index in [1.54, 1.807) is 18.2 Å². The number of thioether (sulfide) groups is 1. The fraction of sp³-hybridized carbons (Fsp3) is 0.238. The first-order valence-corrected chi connectivity index (χ1v) is 11.0. The van der Waals surface area contributed by atoms with Crippen LogP contribution in [-0.2, 0) is 9.59 Å². The topological polar surface area (TPSA) is 82.3 Å². The van der Waals surface area contributed by atoms with E-state index in [1.807, 2.05) is 31.2 Å². The SMILES string of the molecule is Cc1ccc([C@H]2CC(=O)N=C(SCC(=O)Nc3ccc(Br)cc3Cl)[C@H]2C#N)cc1. The first-order chi connectivity index (χ1) is 13.9. The van der Waals surface area contributed by atoms with Crippen LogP contribution in [0.3, 0.4) is 0 Å². The van der Waals surface area contributed by atoms with Gasteiger partial charge in [0.2, 0.25) is 11.8 Å². The van der Waals surface area contributed by atoms with Crippen LogP contribution in [-0.4, -0.2) is 22.6 Å². The van der Waals surface area contributed by atoms with Gasteiger partial charge in [-0.2, -0.15) is 5.26 Å². The van der Waals surface area contributed by atoms with Crippen LogP contribution in [0.15, 0.2) is 51.9 Å². The Hall–Kier alpha value is -2.14. The monoisotopic (exact) mass is 489 g/mol. The van der Waals surface area contributed by atoms with Crippen molar-refractivity contribution >= 4 is 61.8 Å². The van der Waals surface area contributed by atoms with Crippen molar-refractivity contribution < 1.29 is 9.59 Å². The zero-order valence-corrected chi connectivity index (χ0v) is 18.6. The molecule has 1 aliphatic heterocycles. The number of aliphatic imine (C=N–C) groups is 1. The maximum absolute atomic E-state index is 12.3. The molecule has 0 saturated heterocycles. The molecule has 0 aliphatic carbocycles. The second-order valence-electron chi connectivity index (χ2n) is 6.63. The Morgan fingerprint density at radius 3 is 2.72 bits per heavy atom. The normalized spacial score (nSPS) is 18.7. The van der Waals surface area contributed by atoms with E-state index in [4.69, 9.17) is 11.6 Å². The fourth-order valence-corrected chi connectivity index (χ4v) is 4.66. The Bertz CT molecular complexity index is 1020. The lowest BCUT2D eigenvalue weighted by Gasteiger charge is -2.26. The summed E-state index contributed by atoms with van der Waals surface area (Å²) in [5, 5.41) is 13.2. The molecule has 0 unspecified atom stereocenters. The molecule has 1 aliphatic rings. The number of nitriles is 1. The summed E-state index contributed by atoms with van der Waals surface area (Å²) in [7, 11) is 0. The van der Waals surface area contributed by atoms with Crippen LogP contribution in [0.2, 0.25) is 5.02 Å². The summed E-state index contributed by atoms with van der Waals surface area (Å²) in [6.45, 7) is 1.98. The van der Waals surface area contributed by atoms with Crippen molar-refractivity contribution in [3.8, 4) is 6.07 Å². The van der Waals surface area contributed by atoms with E-state index in [-0.39, 0.29) is 29.9 Å². The molecule has 2 aromatic carbocycles. The Kier molecular flexibility index (Phi) is 7.12. The molecule has 1 N–H and O–H groups in total. The average Bonchev–Trinajstić information content (AvgIpc) is 2.68. The lowest BCUT2D eigenvalue weighted by molar-refractivity contribution is -0.118. The number of nitrogens with zero attached hydrogens (tertiary/aromatic N) is 2. The maximum atomic E-state index is 12.3. The van der Waals surface area contributed by atoms with Gasteiger partial charge in [0.1, 0.15) is 5.92 Å². The number of hydrogen-bond donors (Lipinski definition) is 1. The highest BCUT2D eigenvalue weighted by atomic mass is 79.9. The van der Waals surface area contributed by atoms with E-state index < -0.39 is 5.92 Å². The maximum Gasteiger partial charge on any atom is 0.247 e. The second kappa shape index (κ2) is 9.57. The zero-order valence-electron chi connectivity index (χ0n) is 15.5. The van der Waals surface area contributed by atoms with E-state index in [2.05, 4.69) is 32.3 Å². The molecule has 0 aromatic heterocycles. The summed E-state index contributed by atoms with van der Waals surface area (Å²) in [4.78, 5) is 28.5. The molecular weight excluding hydrogens is 474 g/mol. The molecule has 0 fully saturated rings.